The van der Waals surface area contributed by atoms with Gasteiger partial charge in [0.15, 0.2) is 0 Å². The maximum absolute atomic E-state index is 5.93. The van der Waals surface area contributed by atoms with Gasteiger partial charge >= 0.3 is 0 Å². The summed E-state index contributed by atoms with van der Waals surface area (Å²) in [6, 6.07) is 0.426. The first-order valence-electron chi connectivity index (χ1n) is 5.19. The summed E-state index contributed by atoms with van der Waals surface area (Å²) < 4.78 is 0. The van der Waals surface area contributed by atoms with Crippen LogP contribution in [-0.4, -0.2) is 42.6 Å². The molecule has 2 unspecified atom stereocenters. The quantitative estimate of drug-likeness (QED) is 0.747. The van der Waals surface area contributed by atoms with E-state index in [9.17, 15) is 0 Å². The molecule has 0 aromatic carbocycles. The fourth-order valence-electron chi connectivity index (χ4n) is 2.04. The molecule has 0 spiro atoms. The third-order valence-corrected chi connectivity index (χ3v) is 3.47. The summed E-state index contributed by atoms with van der Waals surface area (Å²) in [5, 5.41) is 0. The van der Waals surface area contributed by atoms with Gasteiger partial charge in [-0.2, -0.15) is 11.8 Å². The Morgan fingerprint density at radius 2 is 2.38 bits per heavy atom. The van der Waals surface area contributed by atoms with Crippen LogP contribution in [0, 0.1) is 5.92 Å². The molecule has 0 radical (unpaired) electrons. The number of likely N-dealkylation sites (tertiary alicyclic amines) is 1. The molecule has 2 atom stereocenters. The second kappa shape index (κ2) is 5.89. The van der Waals surface area contributed by atoms with Gasteiger partial charge in [-0.1, -0.05) is 6.92 Å². The number of rotatable bonds is 4. The first kappa shape index (κ1) is 11.3. The van der Waals surface area contributed by atoms with Crippen LogP contribution in [0.25, 0.3) is 0 Å². The lowest BCUT2D eigenvalue weighted by atomic mass is 10.1. The average Bonchev–Trinajstić information content (AvgIpc) is 2.04. The zero-order chi connectivity index (χ0) is 9.68. The second-order valence-corrected chi connectivity index (χ2v) is 5.13. The molecule has 0 bridgehead atoms. The normalized spacial score (nSPS) is 27.5. The van der Waals surface area contributed by atoms with E-state index < -0.39 is 0 Å². The van der Waals surface area contributed by atoms with E-state index in [0.717, 1.165) is 12.5 Å². The van der Waals surface area contributed by atoms with Crippen LogP contribution in [0.4, 0.5) is 0 Å². The summed E-state index contributed by atoms with van der Waals surface area (Å²) in [6.07, 6.45) is 4.68. The van der Waals surface area contributed by atoms with Crippen LogP contribution in [-0.2, 0) is 0 Å². The average molecular weight is 202 g/mol. The Bertz CT molecular complexity index is 141. The van der Waals surface area contributed by atoms with Crippen LogP contribution < -0.4 is 5.73 Å². The molecule has 2 N–H and O–H groups in total. The van der Waals surface area contributed by atoms with Crippen LogP contribution in [0.2, 0.25) is 0 Å². The molecule has 0 amide bonds. The Kier molecular flexibility index (Phi) is 5.14. The van der Waals surface area contributed by atoms with Crippen molar-refractivity contribution in [2.75, 3.05) is 31.6 Å². The molecule has 1 aliphatic heterocycles. The van der Waals surface area contributed by atoms with Crippen molar-refractivity contribution >= 4 is 11.8 Å². The molecule has 0 aliphatic carbocycles. The van der Waals surface area contributed by atoms with Gasteiger partial charge in [0.1, 0.15) is 0 Å². The number of hydrogen-bond donors (Lipinski definition) is 1. The van der Waals surface area contributed by atoms with Crippen molar-refractivity contribution in [2.45, 2.75) is 25.8 Å². The summed E-state index contributed by atoms with van der Waals surface area (Å²) >= 11 is 1.94. The van der Waals surface area contributed by atoms with Crippen molar-refractivity contribution in [3.63, 3.8) is 0 Å². The predicted octanol–water partition coefficient (Wildman–Crippen LogP) is 1.41. The molecule has 1 rings (SSSR count). The summed E-state index contributed by atoms with van der Waals surface area (Å²) in [6.45, 7) is 5.93. The van der Waals surface area contributed by atoms with Crippen molar-refractivity contribution < 1.29 is 0 Å². The Morgan fingerprint density at radius 3 is 3.00 bits per heavy atom. The number of nitrogens with two attached hydrogens (primary N) is 1. The van der Waals surface area contributed by atoms with E-state index in [1.165, 1.54) is 31.7 Å². The Morgan fingerprint density at radius 1 is 1.62 bits per heavy atom. The van der Waals surface area contributed by atoms with Gasteiger partial charge in [-0.3, -0.25) is 0 Å². The SMILES string of the molecule is CSCC(C)CN1CCCC(N)C1. The molecule has 1 aliphatic rings. The standard InChI is InChI=1S/C10H22N2S/c1-9(8-13-2)6-12-5-3-4-10(11)7-12/h9-10H,3-8,11H2,1-2H3. The fraction of sp³-hybridized carbons (Fsp3) is 1.00. The van der Waals surface area contributed by atoms with Crippen LogP contribution in [0.15, 0.2) is 0 Å². The van der Waals surface area contributed by atoms with E-state index in [1.54, 1.807) is 0 Å². The Hall–Kier alpha value is 0.270. The first-order valence-corrected chi connectivity index (χ1v) is 6.58. The first-order chi connectivity index (χ1) is 6.22. The zero-order valence-electron chi connectivity index (χ0n) is 8.83. The number of nitrogens with zero attached hydrogens (tertiary/aromatic N) is 1. The van der Waals surface area contributed by atoms with Crippen molar-refractivity contribution in [3.8, 4) is 0 Å². The molecule has 1 fully saturated rings. The van der Waals surface area contributed by atoms with E-state index in [1.807, 2.05) is 11.8 Å². The minimum Gasteiger partial charge on any atom is -0.327 e. The lowest BCUT2D eigenvalue weighted by molar-refractivity contribution is 0.190. The van der Waals surface area contributed by atoms with E-state index in [0.29, 0.717) is 6.04 Å². The van der Waals surface area contributed by atoms with E-state index >= 15 is 0 Å². The van der Waals surface area contributed by atoms with E-state index in [2.05, 4.69) is 18.1 Å². The molecular weight excluding hydrogens is 180 g/mol. The van der Waals surface area contributed by atoms with E-state index in [4.69, 9.17) is 5.73 Å². The highest BCUT2D eigenvalue weighted by molar-refractivity contribution is 7.98. The van der Waals surface area contributed by atoms with Crippen LogP contribution in [0.5, 0.6) is 0 Å². The highest BCUT2D eigenvalue weighted by atomic mass is 32.2. The molecule has 1 heterocycles. The van der Waals surface area contributed by atoms with Crippen molar-refractivity contribution in [1.29, 1.82) is 0 Å². The van der Waals surface area contributed by atoms with Gasteiger partial charge in [0, 0.05) is 19.1 Å². The van der Waals surface area contributed by atoms with Gasteiger partial charge in [0.2, 0.25) is 0 Å². The largest absolute Gasteiger partial charge is 0.327 e. The molecule has 2 nitrogen and oxygen atoms in total. The second-order valence-electron chi connectivity index (χ2n) is 4.22. The molecule has 0 aromatic rings. The Balaban J connectivity index is 2.19. The lowest BCUT2D eigenvalue weighted by Gasteiger charge is -2.32. The number of thioether (sulfide) groups is 1. The minimum absolute atomic E-state index is 0.426. The maximum Gasteiger partial charge on any atom is 0.0168 e. The molecular formula is C10H22N2S. The summed E-state index contributed by atoms with van der Waals surface area (Å²) in [5.41, 5.74) is 5.93. The fourth-order valence-corrected chi connectivity index (χ4v) is 2.71. The molecule has 0 aromatic heterocycles. The van der Waals surface area contributed by atoms with Crippen LogP contribution >= 0.6 is 11.8 Å². The molecule has 13 heavy (non-hydrogen) atoms. The lowest BCUT2D eigenvalue weighted by Crippen LogP contribution is -2.44. The third kappa shape index (κ3) is 4.34. The van der Waals surface area contributed by atoms with E-state index in [-0.39, 0.29) is 0 Å². The maximum atomic E-state index is 5.93. The summed E-state index contributed by atoms with van der Waals surface area (Å²) in [4.78, 5) is 2.52. The zero-order valence-corrected chi connectivity index (χ0v) is 9.65. The minimum atomic E-state index is 0.426. The van der Waals surface area contributed by atoms with Crippen molar-refractivity contribution in [1.82, 2.24) is 4.90 Å². The molecule has 3 heteroatoms. The number of hydrogen-bond acceptors (Lipinski definition) is 3. The Labute approximate surface area is 86.2 Å². The highest BCUT2D eigenvalue weighted by Crippen LogP contribution is 2.12. The van der Waals surface area contributed by atoms with Gasteiger partial charge in [-0.15, -0.1) is 0 Å². The van der Waals surface area contributed by atoms with Crippen molar-refractivity contribution in [3.05, 3.63) is 0 Å². The topological polar surface area (TPSA) is 29.3 Å². The van der Waals surface area contributed by atoms with Gasteiger partial charge < -0.3 is 10.6 Å². The summed E-state index contributed by atoms with van der Waals surface area (Å²) in [5.74, 6) is 2.08. The monoisotopic (exact) mass is 202 g/mol. The summed E-state index contributed by atoms with van der Waals surface area (Å²) in [7, 11) is 0. The van der Waals surface area contributed by atoms with Gasteiger partial charge in [0.25, 0.3) is 0 Å². The highest BCUT2D eigenvalue weighted by Gasteiger charge is 2.17. The predicted molar refractivity (Wildman–Crippen MR) is 61.2 cm³/mol. The van der Waals surface area contributed by atoms with Crippen LogP contribution in [0.3, 0.4) is 0 Å². The molecule has 78 valence electrons. The van der Waals surface area contributed by atoms with Gasteiger partial charge in [0.05, 0.1) is 0 Å². The molecule has 1 saturated heterocycles. The van der Waals surface area contributed by atoms with Gasteiger partial charge in [-0.25, -0.2) is 0 Å². The third-order valence-electron chi connectivity index (χ3n) is 2.56. The smallest absolute Gasteiger partial charge is 0.0168 e. The van der Waals surface area contributed by atoms with Crippen LogP contribution in [0.1, 0.15) is 19.8 Å². The van der Waals surface area contributed by atoms with Crippen molar-refractivity contribution in [2.24, 2.45) is 11.7 Å². The molecule has 0 saturated carbocycles. The number of piperidine rings is 1. The van der Waals surface area contributed by atoms with Gasteiger partial charge in [-0.05, 0) is 37.3 Å².